The summed E-state index contributed by atoms with van der Waals surface area (Å²) in [4.78, 5) is 0. The number of thioether (sulfide) groups is 1. The van der Waals surface area contributed by atoms with Crippen LogP contribution in [0.2, 0.25) is 0 Å². The van der Waals surface area contributed by atoms with E-state index in [4.69, 9.17) is 14.6 Å². The van der Waals surface area contributed by atoms with Crippen molar-refractivity contribution in [3.8, 4) is 5.75 Å². The number of rotatable bonds is 8. The van der Waals surface area contributed by atoms with Gasteiger partial charge in [0.15, 0.2) is 0 Å². The second-order valence-corrected chi connectivity index (χ2v) is 7.08. The summed E-state index contributed by atoms with van der Waals surface area (Å²) in [6.45, 7) is -0.389. The van der Waals surface area contributed by atoms with Gasteiger partial charge in [-0.3, -0.25) is 0 Å². The highest BCUT2D eigenvalue weighted by Gasteiger charge is 2.43. The number of aliphatic hydroxyl groups excluding tert-OH is 4. The summed E-state index contributed by atoms with van der Waals surface area (Å²) in [5.41, 5.74) is 0.607. The molecule has 1 aliphatic heterocycles. The zero-order valence-electron chi connectivity index (χ0n) is 13.7. The van der Waals surface area contributed by atoms with E-state index in [0.29, 0.717) is 0 Å². The second kappa shape index (κ2) is 9.60. The number of hydrogen-bond acceptors (Lipinski definition) is 7. The Labute approximate surface area is 146 Å². The van der Waals surface area contributed by atoms with Crippen LogP contribution < -0.4 is 4.74 Å². The minimum Gasteiger partial charge on any atom is -0.497 e. The van der Waals surface area contributed by atoms with Crippen LogP contribution in [0.3, 0.4) is 0 Å². The third kappa shape index (κ3) is 5.08. The first-order chi connectivity index (χ1) is 11.6. The summed E-state index contributed by atoms with van der Waals surface area (Å²) >= 11 is 1.40. The van der Waals surface area contributed by atoms with Crippen LogP contribution in [-0.2, 0) is 11.2 Å². The summed E-state index contributed by atoms with van der Waals surface area (Å²) < 4.78 is 10.6. The highest BCUT2D eigenvalue weighted by atomic mass is 32.2. The number of benzene rings is 1. The van der Waals surface area contributed by atoms with E-state index in [2.05, 4.69) is 0 Å². The number of hydrogen-bond donors (Lipinski definition) is 4. The predicted molar refractivity (Wildman–Crippen MR) is 92.2 cm³/mol. The average Bonchev–Trinajstić information content (AvgIpc) is 2.61. The van der Waals surface area contributed by atoms with E-state index < -0.39 is 29.9 Å². The molecule has 1 aliphatic rings. The van der Waals surface area contributed by atoms with Gasteiger partial charge in [0.2, 0.25) is 0 Å². The third-order valence-electron chi connectivity index (χ3n) is 4.15. The number of methoxy groups -OCH3 is 1. The van der Waals surface area contributed by atoms with Crippen molar-refractivity contribution in [2.45, 2.75) is 49.1 Å². The Bertz CT molecular complexity index is 480. The molecule has 6 nitrogen and oxygen atoms in total. The molecule has 0 spiro atoms. The Morgan fingerprint density at radius 2 is 1.75 bits per heavy atom. The Kier molecular flexibility index (Phi) is 7.80. The molecule has 0 bridgehead atoms. The van der Waals surface area contributed by atoms with Crippen LogP contribution in [0.5, 0.6) is 5.75 Å². The van der Waals surface area contributed by atoms with E-state index in [-0.39, 0.29) is 6.61 Å². The first kappa shape index (κ1) is 19.5. The van der Waals surface area contributed by atoms with Gasteiger partial charge in [-0.2, -0.15) is 0 Å². The van der Waals surface area contributed by atoms with E-state index in [1.165, 1.54) is 17.3 Å². The molecule has 1 saturated heterocycles. The first-order valence-electron chi connectivity index (χ1n) is 8.12. The van der Waals surface area contributed by atoms with E-state index in [9.17, 15) is 15.3 Å². The Morgan fingerprint density at radius 3 is 2.38 bits per heavy atom. The molecule has 0 aliphatic carbocycles. The molecule has 1 fully saturated rings. The molecule has 1 aromatic rings. The highest BCUT2D eigenvalue weighted by molar-refractivity contribution is 7.99. The summed E-state index contributed by atoms with van der Waals surface area (Å²) in [6.07, 6.45) is -1.69. The maximum Gasteiger partial charge on any atom is 0.132 e. The quantitative estimate of drug-likeness (QED) is 0.504. The lowest BCUT2D eigenvalue weighted by molar-refractivity contribution is -0.205. The van der Waals surface area contributed by atoms with E-state index >= 15 is 0 Å². The maximum absolute atomic E-state index is 9.96. The lowest BCUT2D eigenvalue weighted by Gasteiger charge is -2.39. The van der Waals surface area contributed by atoms with Crippen LogP contribution >= 0.6 is 11.8 Å². The average molecular weight is 358 g/mol. The number of unbranched alkanes of at least 4 members (excludes halogenated alkanes) is 1. The predicted octanol–water partition coefficient (Wildman–Crippen LogP) is 0.551. The van der Waals surface area contributed by atoms with Gasteiger partial charge in [0.1, 0.15) is 35.6 Å². The zero-order valence-corrected chi connectivity index (χ0v) is 14.6. The SMILES string of the molecule is COc1ccc(CCCCS[C@@H]2O[C@H](CO)[C@@H](O)[C@H](O)[C@H]2O)cc1. The molecule has 5 atom stereocenters. The maximum atomic E-state index is 9.96. The fourth-order valence-corrected chi connectivity index (χ4v) is 3.81. The molecule has 0 saturated carbocycles. The fourth-order valence-electron chi connectivity index (χ4n) is 2.63. The van der Waals surface area contributed by atoms with Crippen molar-refractivity contribution in [3.63, 3.8) is 0 Å². The second-order valence-electron chi connectivity index (χ2n) is 5.87. The molecule has 136 valence electrons. The smallest absolute Gasteiger partial charge is 0.132 e. The van der Waals surface area contributed by atoms with Crippen LogP contribution in [0.15, 0.2) is 24.3 Å². The van der Waals surface area contributed by atoms with Gasteiger partial charge in [0, 0.05) is 0 Å². The Morgan fingerprint density at radius 1 is 1.04 bits per heavy atom. The van der Waals surface area contributed by atoms with Gasteiger partial charge in [-0.25, -0.2) is 0 Å². The minimum atomic E-state index is -1.30. The fraction of sp³-hybridized carbons (Fsp3) is 0.647. The molecular formula is C17H26O6S. The number of aryl methyl sites for hydroxylation is 1. The number of aliphatic hydroxyl groups is 4. The standard InChI is InChI=1S/C17H26O6S/c1-22-12-7-5-11(6-8-12)4-2-3-9-24-17-16(21)15(20)14(19)13(10-18)23-17/h5-8,13-21H,2-4,9-10H2,1H3/t13-,14-,15+,16-,17+/m1/s1. The molecule has 0 radical (unpaired) electrons. The summed E-state index contributed by atoms with van der Waals surface area (Å²) in [6, 6.07) is 7.98. The molecule has 0 unspecified atom stereocenters. The lowest BCUT2D eigenvalue weighted by Crippen LogP contribution is -2.57. The van der Waals surface area contributed by atoms with Gasteiger partial charge in [-0.1, -0.05) is 12.1 Å². The summed E-state index contributed by atoms with van der Waals surface area (Å²) in [5, 5.41) is 38.6. The Balaban J connectivity index is 1.69. The van der Waals surface area contributed by atoms with Gasteiger partial charge in [-0.15, -0.1) is 11.8 Å². The van der Waals surface area contributed by atoms with Crippen molar-refractivity contribution in [3.05, 3.63) is 29.8 Å². The van der Waals surface area contributed by atoms with Gasteiger partial charge >= 0.3 is 0 Å². The molecule has 1 aromatic carbocycles. The molecule has 0 amide bonds. The molecular weight excluding hydrogens is 332 g/mol. The van der Waals surface area contributed by atoms with Gasteiger partial charge in [-0.05, 0) is 42.7 Å². The van der Waals surface area contributed by atoms with Crippen molar-refractivity contribution in [2.24, 2.45) is 0 Å². The molecule has 2 rings (SSSR count). The van der Waals surface area contributed by atoms with Gasteiger partial charge in [0.25, 0.3) is 0 Å². The van der Waals surface area contributed by atoms with E-state index in [0.717, 1.165) is 30.8 Å². The van der Waals surface area contributed by atoms with Crippen molar-refractivity contribution in [1.29, 1.82) is 0 Å². The lowest BCUT2D eigenvalue weighted by atomic mass is 10.0. The normalized spacial score (nSPS) is 30.3. The van der Waals surface area contributed by atoms with Crippen molar-refractivity contribution >= 4 is 11.8 Å². The molecule has 7 heteroatoms. The number of ether oxygens (including phenoxy) is 2. The van der Waals surface area contributed by atoms with Gasteiger partial charge < -0.3 is 29.9 Å². The molecule has 24 heavy (non-hydrogen) atoms. The molecule has 4 N–H and O–H groups in total. The third-order valence-corrected chi connectivity index (χ3v) is 5.39. The summed E-state index contributed by atoms with van der Waals surface area (Å²) in [5.74, 6) is 1.61. The zero-order chi connectivity index (χ0) is 17.5. The van der Waals surface area contributed by atoms with Crippen molar-refractivity contribution in [2.75, 3.05) is 19.5 Å². The van der Waals surface area contributed by atoms with Crippen LogP contribution in [-0.4, -0.2) is 69.7 Å². The summed E-state index contributed by atoms with van der Waals surface area (Å²) in [7, 11) is 1.64. The van der Waals surface area contributed by atoms with E-state index in [1.807, 2.05) is 24.3 Å². The molecule has 1 heterocycles. The highest BCUT2D eigenvalue weighted by Crippen LogP contribution is 2.29. The minimum absolute atomic E-state index is 0.389. The Hall–Kier alpha value is -0.830. The van der Waals surface area contributed by atoms with Crippen molar-refractivity contribution < 1.29 is 29.9 Å². The van der Waals surface area contributed by atoms with Crippen molar-refractivity contribution in [1.82, 2.24) is 0 Å². The van der Waals surface area contributed by atoms with Crippen LogP contribution in [0.4, 0.5) is 0 Å². The topological polar surface area (TPSA) is 99.4 Å². The van der Waals surface area contributed by atoms with E-state index in [1.54, 1.807) is 7.11 Å². The van der Waals surface area contributed by atoms with Crippen LogP contribution in [0.1, 0.15) is 18.4 Å². The monoisotopic (exact) mass is 358 g/mol. The first-order valence-corrected chi connectivity index (χ1v) is 9.16. The molecule has 0 aromatic heterocycles. The van der Waals surface area contributed by atoms with Gasteiger partial charge in [0.05, 0.1) is 13.7 Å². The largest absolute Gasteiger partial charge is 0.497 e. The van der Waals surface area contributed by atoms with Crippen LogP contribution in [0, 0.1) is 0 Å². The van der Waals surface area contributed by atoms with Crippen LogP contribution in [0.25, 0.3) is 0 Å².